The summed E-state index contributed by atoms with van der Waals surface area (Å²) in [7, 11) is 0. The van der Waals surface area contributed by atoms with Crippen molar-refractivity contribution in [3.8, 4) is 5.69 Å². The van der Waals surface area contributed by atoms with E-state index in [4.69, 9.17) is 0 Å². The molecule has 1 aromatic heterocycles. The van der Waals surface area contributed by atoms with Gasteiger partial charge in [0.25, 0.3) is 5.56 Å². The van der Waals surface area contributed by atoms with Crippen LogP contribution in [0.15, 0.2) is 100 Å². The third-order valence-corrected chi connectivity index (χ3v) is 3.78. The van der Waals surface area contributed by atoms with Crippen molar-refractivity contribution < 1.29 is 0 Å². The van der Waals surface area contributed by atoms with Gasteiger partial charge in [-0.3, -0.25) is 4.79 Å². The van der Waals surface area contributed by atoms with E-state index in [-0.39, 0.29) is 5.56 Å². The Morgan fingerprint density at radius 1 is 0.750 bits per heavy atom. The highest BCUT2D eigenvalue weighted by Gasteiger charge is 2.05. The molecule has 0 spiro atoms. The normalized spacial score (nSPS) is 11.3. The number of benzene rings is 3. The van der Waals surface area contributed by atoms with E-state index in [1.165, 1.54) is 15.5 Å². The number of aromatic nitrogens is 2. The van der Waals surface area contributed by atoms with Crippen LogP contribution in [0.1, 0.15) is 0 Å². The Morgan fingerprint density at radius 3 is 2.38 bits per heavy atom. The first-order valence-corrected chi connectivity index (χ1v) is 7.59. The van der Waals surface area contributed by atoms with Crippen molar-refractivity contribution in [2.24, 2.45) is 10.3 Å². The van der Waals surface area contributed by atoms with Gasteiger partial charge in [0.2, 0.25) is 0 Å². The highest BCUT2D eigenvalue weighted by molar-refractivity contribution is 5.92. The number of hydrogen-bond donors (Lipinski definition) is 0. The predicted molar refractivity (Wildman–Crippen MR) is 93.9 cm³/mol. The molecule has 0 aliphatic rings. The van der Waals surface area contributed by atoms with Crippen molar-refractivity contribution in [1.29, 1.82) is 0 Å². The van der Waals surface area contributed by atoms with Crippen LogP contribution in [0.2, 0.25) is 0 Å². The molecule has 0 bridgehead atoms. The number of fused-ring (bicyclic) bond motifs is 1. The number of para-hydroxylation sites is 1. The van der Waals surface area contributed by atoms with Crippen LogP contribution in [0.4, 0.5) is 5.69 Å². The fraction of sp³-hybridized carbons (Fsp3) is 0. The average molecular weight is 314 g/mol. The number of hydrogen-bond acceptors (Lipinski definition) is 3. The monoisotopic (exact) mass is 314 g/mol. The number of rotatable bonds is 3. The molecule has 4 aromatic rings. The standard InChI is InChI=1S/C19H14N4O/c24-19-13-14-22(23(19)16-9-2-1-3-10-16)21-20-18-12-6-8-15-7-4-5-11-17(15)18/h1-14H. The van der Waals surface area contributed by atoms with Crippen LogP contribution in [0.5, 0.6) is 0 Å². The first-order chi connectivity index (χ1) is 11.8. The Balaban J connectivity index is 1.79. The van der Waals surface area contributed by atoms with Crippen molar-refractivity contribution in [3.63, 3.8) is 0 Å². The van der Waals surface area contributed by atoms with E-state index in [9.17, 15) is 4.79 Å². The van der Waals surface area contributed by atoms with Crippen molar-refractivity contribution in [2.75, 3.05) is 0 Å². The summed E-state index contributed by atoms with van der Waals surface area (Å²) in [6.45, 7) is 0. The summed E-state index contributed by atoms with van der Waals surface area (Å²) in [5.74, 6) is 0. The predicted octanol–water partition coefficient (Wildman–Crippen LogP) is 4.34. The summed E-state index contributed by atoms with van der Waals surface area (Å²) in [6.07, 6.45) is 1.60. The molecule has 24 heavy (non-hydrogen) atoms. The molecule has 0 aliphatic heterocycles. The van der Waals surface area contributed by atoms with E-state index in [0.29, 0.717) is 0 Å². The van der Waals surface area contributed by atoms with Gasteiger partial charge in [-0.1, -0.05) is 54.6 Å². The topological polar surface area (TPSA) is 51.6 Å². The van der Waals surface area contributed by atoms with Gasteiger partial charge in [0.1, 0.15) is 0 Å². The lowest BCUT2D eigenvalue weighted by Crippen LogP contribution is -2.18. The first-order valence-electron chi connectivity index (χ1n) is 7.59. The zero-order chi connectivity index (χ0) is 16.4. The van der Waals surface area contributed by atoms with E-state index in [2.05, 4.69) is 10.3 Å². The summed E-state index contributed by atoms with van der Waals surface area (Å²) < 4.78 is 1.47. The van der Waals surface area contributed by atoms with Gasteiger partial charge >= 0.3 is 0 Å². The maximum atomic E-state index is 12.1. The Hall–Kier alpha value is -3.47. The molecule has 0 N–H and O–H groups in total. The van der Waals surface area contributed by atoms with Gasteiger partial charge in [0.05, 0.1) is 17.6 Å². The molecule has 0 fully saturated rings. The molecule has 0 saturated heterocycles. The summed E-state index contributed by atoms with van der Waals surface area (Å²) in [5, 5.41) is 10.7. The molecule has 0 aliphatic carbocycles. The second-order valence-electron chi connectivity index (χ2n) is 5.31. The van der Waals surface area contributed by atoms with Crippen LogP contribution in [0.3, 0.4) is 0 Å². The Bertz CT molecular complexity index is 1070. The highest BCUT2D eigenvalue weighted by Crippen LogP contribution is 2.25. The minimum atomic E-state index is -0.155. The fourth-order valence-electron chi connectivity index (χ4n) is 2.64. The fourth-order valence-corrected chi connectivity index (χ4v) is 2.64. The zero-order valence-corrected chi connectivity index (χ0v) is 12.8. The zero-order valence-electron chi connectivity index (χ0n) is 12.8. The van der Waals surface area contributed by atoms with Crippen LogP contribution in [-0.2, 0) is 0 Å². The van der Waals surface area contributed by atoms with Crippen molar-refractivity contribution in [1.82, 2.24) is 9.47 Å². The molecule has 5 nitrogen and oxygen atoms in total. The molecular formula is C19H14N4O. The van der Waals surface area contributed by atoms with Gasteiger partial charge in [-0.25, -0.2) is 0 Å². The van der Waals surface area contributed by atoms with Gasteiger partial charge in [-0.2, -0.15) is 9.47 Å². The second kappa shape index (κ2) is 5.96. The molecule has 116 valence electrons. The molecule has 1 heterocycles. The summed E-state index contributed by atoms with van der Waals surface area (Å²) in [5.41, 5.74) is 1.34. The first kappa shape index (κ1) is 14.1. The summed E-state index contributed by atoms with van der Waals surface area (Å²) in [6, 6.07) is 24.7. The Labute approximate surface area is 138 Å². The van der Waals surface area contributed by atoms with Crippen LogP contribution < -0.4 is 5.56 Å². The minimum Gasteiger partial charge on any atom is -0.267 e. The van der Waals surface area contributed by atoms with Crippen LogP contribution >= 0.6 is 0 Å². The molecular weight excluding hydrogens is 300 g/mol. The molecule has 0 atom stereocenters. The van der Waals surface area contributed by atoms with E-state index in [1.807, 2.05) is 72.8 Å². The molecule has 3 aromatic carbocycles. The molecule has 0 unspecified atom stereocenters. The van der Waals surface area contributed by atoms with Crippen LogP contribution in [-0.4, -0.2) is 9.47 Å². The van der Waals surface area contributed by atoms with Crippen molar-refractivity contribution in [3.05, 3.63) is 95.4 Å². The average Bonchev–Trinajstić information content (AvgIpc) is 3.01. The lowest BCUT2D eigenvalue weighted by Gasteiger charge is -2.06. The largest absolute Gasteiger partial charge is 0.273 e. The van der Waals surface area contributed by atoms with E-state index in [0.717, 1.165) is 22.1 Å². The summed E-state index contributed by atoms with van der Waals surface area (Å²) in [4.78, 5) is 13.5. The maximum absolute atomic E-state index is 12.1. The third kappa shape index (κ3) is 2.52. The minimum absolute atomic E-state index is 0.155. The maximum Gasteiger partial charge on any atom is 0.273 e. The number of nitrogens with zero attached hydrogens (tertiary/aromatic N) is 4. The smallest absolute Gasteiger partial charge is 0.267 e. The van der Waals surface area contributed by atoms with Gasteiger partial charge in [-0.05, 0) is 28.8 Å². The molecule has 0 radical (unpaired) electrons. The molecule has 0 amide bonds. The highest BCUT2D eigenvalue weighted by atomic mass is 16.1. The SMILES string of the molecule is O=c1ccn(N=Nc2cccc3ccccc23)n1-c1ccccc1. The van der Waals surface area contributed by atoms with Crippen molar-refractivity contribution >= 4 is 16.5 Å². The molecule has 5 heteroatoms. The third-order valence-electron chi connectivity index (χ3n) is 3.78. The van der Waals surface area contributed by atoms with Gasteiger partial charge in [0, 0.05) is 11.5 Å². The molecule has 4 rings (SSSR count). The lowest BCUT2D eigenvalue weighted by atomic mass is 10.1. The van der Waals surface area contributed by atoms with E-state index < -0.39 is 0 Å². The van der Waals surface area contributed by atoms with Crippen molar-refractivity contribution in [2.45, 2.75) is 0 Å². The van der Waals surface area contributed by atoms with Gasteiger partial charge in [0.15, 0.2) is 0 Å². The van der Waals surface area contributed by atoms with E-state index >= 15 is 0 Å². The van der Waals surface area contributed by atoms with Crippen LogP contribution in [0, 0.1) is 0 Å². The Morgan fingerprint density at radius 2 is 1.50 bits per heavy atom. The second-order valence-corrected chi connectivity index (χ2v) is 5.31. The molecule has 0 saturated carbocycles. The Kier molecular flexibility index (Phi) is 3.51. The van der Waals surface area contributed by atoms with Gasteiger partial charge < -0.3 is 0 Å². The lowest BCUT2D eigenvalue weighted by molar-refractivity contribution is 0.598. The van der Waals surface area contributed by atoms with E-state index in [1.54, 1.807) is 6.20 Å². The van der Waals surface area contributed by atoms with Gasteiger partial charge in [-0.15, -0.1) is 5.11 Å². The van der Waals surface area contributed by atoms with Crippen LogP contribution in [0.25, 0.3) is 16.5 Å². The summed E-state index contributed by atoms with van der Waals surface area (Å²) >= 11 is 0. The quantitative estimate of drug-likeness (QED) is 0.519.